The lowest BCUT2D eigenvalue weighted by molar-refractivity contribution is -0.129. The molecule has 1 rings (SSSR count). The summed E-state index contributed by atoms with van der Waals surface area (Å²) in [7, 11) is 0. The van der Waals surface area contributed by atoms with Gasteiger partial charge in [0.2, 0.25) is 0 Å². The number of hydrogen-bond acceptors (Lipinski definition) is 2. The Morgan fingerprint density at radius 1 is 1.46 bits per heavy atom. The zero-order chi connectivity index (χ0) is 9.84. The summed E-state index contributed by atoms with van der Waals surface area (Å²) in [6.45, 7) is 3.60. The molecule has 2 atom stereocenters. The number of Topliss-reactive ketones (excluding diaryl/α,β-unsaturated/α-hetero) is 2. The molecule has 0 bridgehead atoms. The van der Waals surface area contributed by atoms with Crippen molar-refractivity contribution in [2.45, 2.75) is 46.0 Å². The van der Waals surface area contributed by atoms with E-state index >= 15 is 0 Å². The average Bonchev–Trinajstić information content (AvgIpc) is 2.07. The van der Waals surface area contributed by atoms with Crippen LogP contribution in [0.25, 0.3) is 0 Å². The first-order valence-electron chi connectivity index (χ1n) is 5.14. The molecule has 0 aromatic heterocycles. The summed E-state index contributed by atoms with van der Waals surface area (Å²) in [6.07, 6.45) is 4.53. The van der Waals surface area contributed by atoms with Crippen molar-refractivity contribution in [1.29, 1.82) is 0 Å². The van der Waals surface area contributed by atoms with Crippen molar-refractivity contribution in [1.82, 2.24) is 0 Å². The van der Waals surface area contributed by atoms with E-state index in [1.165, 1.54) is 0 Å². The van der Waals surface area contributed by atoms with E-state index in [0.717, 1.165) is 25.7 Å². The van der Waals surface area contributed by atoms with Gasteiger partial charge in [-0.05, 0) is 26.2 Å². The van der Waals surface area contributed by atoms with Gasteiger partial charge in [-0.2, -0.15) is 0 Å². The van der Waals surface area contributed by atoms with Crippen LogP contribution in [0.15, 0.2) is 0 Å². The minimum Gasteiger partial charge on any atom is -0.300 e. The molecule has 0 spiro atoms. The molecule has 0 N–H and O–H groups in total. The molecule has 1 fully saturated rings. The molecule has 0 aromatic carbocycles. The topological polar surface area (TPSA) is 34.1 Å². The summed E-state index contributed by atoms with van der Waals surface area (Å²) in [4.78, 5) is 22.4. The van der Waals surface area contributed by atoms with E-state index in [-0.39, 0.29) is 17.6 Å². The van der Waals surface area contributed by atoms with Crippen LogP contribution in [0.4, 0.5) is 0 Å². The monoisotopic (exact) mass is 182 g/mol. The number of rotatable bonds is 3. The zero-order valence-electron chi connectivity index (χ0n) is 8.51. The van der Waals surface area contributed by atoms with Gasteiger partial charge < -0.3 is 4.79 Å². The van der Waals surface area contributed by atoms with Gasteiger partial charge >= 0.3 is 0 Å². The fourth-order valence-corrected chi connectivity index (χ4v) is 2.02. The Bertz CT molecular complexity index is 208. The smallest absolute Gasteiger partial charge is 0.138 e. The van der Waals surface area contributed by atoms with E-state index in [1.54, 1.807) is 6.92 Å². The Morgan fingerprint density at radius 3 is 2.77 bits per heavy atom. The molecule has 2 heteroatoms. The van der Waals surface area contributed by atoms with E-state index in [9.17, 15) is 9.59 Å². The van der Waals surface area contributed by atoms with Crippen LogP contribution in [-0.4, -0.2) is 11.6 Å². The van der Waals surface area contributed by atoms with E-state index in [4.69, 9.17) is 0 Å². The maximum atomic E-state index is 11.6. The van der Waals surface area contributed by atoms with Gasteiger partial charge in [0.1, 0.15) is 11.6 Å². The van der Waals surface area contributed by atoms with Crippen molar-refractivity contribution in [2.75, 3.05) is 0 Å². The lowest BCUT2D eigenvalue weighted by Crippen LogP contribution is -2.26. The summed E-state index contributed by atoms with van der Waals surface area (Å²) in [5.41, 5.74) is 0. The van der Waals surface area contributed by atoms with Crippen LogP contribution < -0.4 is 0 Å². The lowest BCUT2D eigenvalue weighted by atomic mass is 9.79. The van der Waals surface area contributed by atoms with E-state index in [2.05, 4.69) is 0 Å². The average molecular weight is 182 g/mol. The van der Waals surface area contributed by atoms with Crippen molar-refractivity contribution in [3.05, 3.63) is 0 Å². The molecule has 0 amide bonds. The first kappa shape index (κ1) is 10.4. The third kappa shape index (κ3) is 2.94. The fourth-order valence-electron chi connectivity index (χ4n) is 2.02. The fraction of sp³-hybridized carbons (Fsp3) is 0.818. The molecule has 0 heterocycles. The standard InChI is InChI=1S/C11H18O2/c1-8-4-3-5-10(11(8)13)7-6-9(2)12/h8,10H,3-7H2,1-2H3/t8-,10+/m0/s1. The molecule has 0 aliphatic heterocycles. The first-order chi connectivity index (χ1) is 6.11. The molecular weight excluding hydrogens is 164 g/mol. The zero-order valence-corrected chi connectivity index (χ0v) is 8.51. The van der Waals surface area contributed by atoms with Crippen LogP contribution in [0.2, 0.25) is 0 Å². The third-order valence-corrected chi connectivity index (χ3v) is 2.92. The van der Waals surface area contributed by atoms with Crippen LogP contribution in [0.1, 0.15) is 46.0 Å². The first-order valence-corrected chi connectivity index (χ1v) is 5.14. The Balaban J connectivity index is 2.40. The summed E-state index contributed by atoms with van der Waals surface area (Å²) < 4.78 is 0. The molecule has 1 aliphatic rings. The highest BCUT2D eigenvalue weighted by atomic mass is 16.1. The van der Waals surface area contributed by atoms with Crippen molar-refractivity contribution in [3.8, 4) is 0 Å². The number of ketones is 2. The minimum absolute atomic E-state index is 0.174. The highest BCUT2D eigenvalue weighted by molar-refractivity contribution is 5.84. The van der Waals surface area contributed by atoms with Crippen LogP contribution >= 0.6 is 0 Å². The summed E-state index contributed by atoms with van der Waals surface area (Å²) >= 11 is 0. The summed E-state index contributed by atoms with van der Waals surface area (Å²) in [5, 5.41) is 0. The minimum atomic E-state index is 0.174. The Hall–Kier alpha value is -0.660. The Kier molecular flexibility index (Phi) is 3.64. The molecular formula is C11H18O2. The number of carbonyl (C=O) groups excluding carboxylic acids is 2. The highest BCUT2D eigenvalue weighted by Gasteiger charge is 2.27. The normalized spacial score (nSPS) is 28.9. The SMILES string of the molecule is CC(=O)CC[C@H]1CCC[C@H](C)C1=O. The van der Waals surface area contributed by atoms with Gasteiger partial charge in [0.25, 0.3) is 0 Å². The van der Waals surface area contributed by atoms with Crippen molar-refractivity contribution in [3.63, 3.8) is 0 Å². The predicted octanol–water partition coefficient (Wildman–Crippen LogP) is 2.36. The molecule has 13 heavy (non-hydrogen) atoms. The second-order valence-electron chi connectivity index (χ2n) is 4.17. The van der Waals surface area contributed by atoms with E-state index < -0.39 is 0 Å². The third-order valence-electron chi connectivity index (χ3n) is 2.92. The summed E-state index contributed by atoms with van der Waals surface area (Å²) in [5.74, 6) is 0.983. The van der Waals surface area contributed by atoms with Gasteiger partial charge in [0.15, 0.2) is 0 Å². The quantitative estimate of drug-likeness (QED) is 0.671. The molecule has 0 aromatic rings. The summed E-state index contributed by atoms with van der Waals surface area (Å²) in [6, 6.07) is 0. The van der Waals surface area contributed by atoms with Gasteiger partial charge in [-0.15, -0.1) is 0 Å². The number of carbonyl (C=O) groups is 2. The molecule has 1 saturated carbocycles. The van der Waals surface area contributed by atoms with Gasteiger partial charge in [0.05, 0.1) is 0 Å². The predicted molar refractivity (Wildman–Crippen MR) is 51.4 cm³/mol. The molecule has 2 nitrogen and oxygen atoms in total. The van der Waals surface area contributed by atoms with Gasteiger partial charge in [-0.1, -0.05) is 13.3 Å². The van der Waals surface area contributed by atoms with Crippen molar-refractivity contribution in [2.24, 2.45) is 11.8 Å². The Labute approximate surface area is 79.7 Å². The Morgan fingerprint density at radius 2 is 2.15 bits per heavy atom. The van der Waals surface area contributed by atoms with Crippen molar-refractivity contribution >= 4 is 11.6 Å². The van der Waals surface area contributed by atoms with E-state index in [0.29, 0.717) is 12.2 Å². The van der Waals surface area contributed by atoms with Gasteiger partial charge in [-0.25, -0.2) is 0 Å². The second kappa shape index (κ2) is 4.54. The van der Waals surface area contributed by atoms with Crippen LogP contribution in [0.3, 0.4) is 0 Å². The molecule has 74 valence electrons. The van der Waals surface area contributed by atoms with Crippen LogP contribution in [0, 0.1) is 11.8 Å². The number of hydrogen-bond donors (Lipinski definition) is 0. The van der Waals surface area contributed by atoms with Crippen LogP contribution in [0.5, 0.6) is 0 Å². The maximum absolute atomic E-state index is 11.6. The second-order valence-corrected chi connectivity index (χ2v) is 4.17. The molecule has 0 unspecified atom stereocenters. The largest absolute Gasteiger partial charge is 0.300 e. The maximum Gasteiger partial charge on any atom is 0.138 e. The van der Waals surface area contributed by atoms with E-state index in [1.807, 2.05) is 6.92 Å². The lowest BCUT2D eigenvalue weighted by Gasteiger charge is -2.24. The molecule has 0 saturated heterocycles. The molecule has 0 radical (unpaired) electrons. The van der Waals surface area contributed by atoms with Crippen LogP contribution in [-0.2, 0) is 9.59 Å². The van der Waals surface area contributed by atoms with Gasteiger partial charge in [-0.3, -0.25) is 4.79 Å². The van der Waals surface area contributed by atoms with Gasteiger partial charge in [0, 0.05) is 18.3 Å². The highest BCUT2D eigenvalue weighted by Crippen LogP contribution is 2.28. The molecule has 1 aliphatic carbocycles. The van der Waals surface area contributed by atoms with Crippen molar-refractivity contribution < 1.29 is 9.59 Å².